The number of hydrogen-bond donors (Lipinski definition) is 1. The maximum absolute atomic E-state index is 5.39. The van der Waals surface area contributed by atoms with Crippen LogP contribution in [0.4, 0.5) is 0 Å². The molecule has 18 heavy (non-hydrogen) atoms. The number of rotatable bonds is 6. The van der Waals surface area contributed by atoms with E-state index in [1.165, 1.54) is 0 Å². The van der Waals surface area contributed by atoms with Crippen LogP contribution in [0.2, 0.25) is 0 Å². The maximum atomic E-state index is 5.39. The van der Waals surface area contributed by atoms with E-state index in [9.17, 15) is 0 Å². The average Bonchev–Trinajstić information content (AvgIpc) is 2.86. The summed E-state index contributed by atoms with van der Waals surface area (Å²) in [6, 6.07) is 7.79. The van der Waals surface area contributed by atoms with Crippen molar-refractivity contribution >= 4 is 11.8 Å². The molecule has 2 rings (SSSR count). The third-order valence-corrected chi connectivity index (χ3v) is 3.08. The molecule has 0 fully saturated rings. The van der Waals surface area contributed by atoms with Crippen molar-refractivity contribution < 1.29 is 4.74 Å². The molecule has 0 bridgehead atoms. The minimum absolute atomic E-state index is 0.671. The summed E-state index contributed by atoms with van der Waals surface area (Å²) in [6.45, 7) is 6.30. The lowest BCUT2D eigenvalue weighted by atomic mass is 10.2. The van der Waals surface area contributed by atoms with Gasteiger partial charge < -0.3 is 4.74 Å². The second-order valence-electron chi connectivity index (χ2n) is 3.52. The quantitative estimate of drug-likeness (QED) is 0.641. The lowest BCUT2D eigenvalue weighted by molar-refractivity contribution is 0.340. The van der Waals surface area contributed by atoms with Gasteiger partial charge in [0.15, 0.2) is 5.82 Å². The Labute approximate surface area is 110 Å². The van der Waals surface area contributed by atoms with Gasteiger partial charge in [-0.15, -0.1) is 11.7 Å². The van der Waals surface area contributed by atoms with E-state index < -0.39 is 0 Å². The summed E-state index contributed by atoms with van der Waals surface area (Å²) in [6.07, 6.45) is 1.83. The number of H-pyrrole nitrogens is 1. The first-order valence-electron chi connectivity index (χ1n) is 5.72. The normalized spacial score (nSPS) is 10.3. The molecule has 0 atom stereocenters. The molecule has 1 heterocycles. The van der Waals surface area contributed by atoms with E-state index in [-0.39, 0.29) is 0 Å². The number of ether oxygens (including phenoxy) is 1. The van der Waals surface area contributed by atoms with Crippen LogP contribution >= 0.6 is 11.8 Å². The van der Waals surface area contributed by atoms with E-state index in [0.717, 1.165) is 28.0 Å². The molecule has 0 saturated carbocycles. The fourth-order valence-corrected chi connectivity index (χ4v) is 1.98. The zero-order chi connectivity index (χ0) is 12.8. The fraction of sp³-hybridized carbons (Fsp3) is 0.231. The lowest BCUT2D eigenvalue weighted by Gasteiger charge is -2.02. The van der Waals surface area contributed by atoms with E-state index in [2.05, 4.69) is 21.8 Å². The van der Waals surface area contributed by atoms with Gasteiger partial charge in [-0.2, -0.15) is 0 Å². The molecule has 94 valence electrons. The van der Waals surface area contributed by atoms with Crippen molar-refractivity contribution in [3.05, 3.63) is 36.9 Å². The predicted molar refractivity (Wildman–Crippen MR) is 73.9 cm³/mol. The molecular formula is C13H15N3OS. The molecule has 0 spiro atoms. The highest BCUT2D eigenvalue weighted by molar-refractivity contribution is 7.99. The molecule has 5 heteroatoms. The van der Waals surface area contributed by atoms with Crippen LogP contribution in [0.5, 0.6) is 5.75 Å². The van der Waals surface area contributed by atoms with Crippen molar-refractivity contribution in [3.63, 3.8) is 0 Å². The van der Waals surface area contributed by atoms with Crippen molar-refractivity contribution in [2.45, 2.75) is 12.1 Å². The summed E-state index contributed by atoms with van der Waals surface area (Å²) in [4.78, 5) is 4.40. The number of aromatic amines is 1. The van der Waals surface area contributed by atoms with Crippen LogP contribution in [0, 0.1) is 0 Å². The third kappa shape index (κ3) is 3.13. The van der Waals surface area contributed by atoms with Crippen LogP contribution in [0.25, 0.3) is 11.4 Å². The highest BCUT2D eigenvalue weighted by atomic mass is 32.2. The molecule has 1 N–H and O–H groups in total. The van der Waals surface area contributed by atoms with Crippen LogP contribution in [0.15, 0.2) is 42.1 Å². The number of hydrogen-bond acceptors (Lipinski definition) is 4. The molecule has 0 aliphatic rings. The van der Waals surface area contributed by atoms with Crippen LogP contribution in [0.3, 0.4) is 0 Å². The van der Waals surface area contributed by atoms with Gasteiger partial charge in [0.1, 0.15) is 5.75 Å². The molecule has 1 aromatic heterocycles. The second kappa shape index (κ2) is 6.26. The summed E-state index contributed by atoms with van der Waals surface area (Å²) in [5, 5.41) is 7.80. The van der Waals surface area contributed by atoms with Gasteiger partial charge in [-0.3, -0.25) is 5.10 Å². The Hall–Kier alpha value is -1.75. The van der Waals surface area contributed by atoms with E-state index in [1.54, 1.807) is 11.8 Å². The van der Waals surface area contributed by atoms with Gasteiger partial charge in [-0.25, -0.2) is 4.98 Å². The van der Waals surface area contributed by atoms with Crippen molar-refractivity contribution in [2.24, 2.45) is 0 Å². The predicted octanol–water partition coefficient (Wildman–Crippen LogP) is 3.15. The molecular weight excluding hydrogens is 246 g/mol. The molecule has 0 aliphatic heterocycles. The largest absolute Gasteiger partial charge is 0.494 e. The minimum atomic E-state index is 0.671. The number of nitrogens with one attached hydrogen (secondary N) is 1. The van der Waals surface area contributed by atoms with E-state index in [4.69, 9.17) is 4.74 Å². The van der Waals surface area contributed by atoms with Gasteiger partial charge in [0.25, 0.3) is 0 Å². The molecule has 0 saturated heterocycles. The Kier molecular flexibility index (Phi) is 4.41. The minimum Gasteiger partial charge on any atom is -0.494 e. The van der Waals surface area contributed by atoms with Crippen molar-refractivity contribution in [2.75, 3.05) is 12.4 Å². The van der Waals surface area contributed by atoms with Crippen LogP contribution in [0.1, 0.15) is 6.92 Å². The molecule has 0 aliphatic carbocycles. The average molecular weight is 261 g/mol. The third-order valence-electron chi connectivity index (χ3n) is 2.23. The molecule has 0 amide bonds. The van der Waals surface area contributed by atoms with Crippen LogP contribution < -0.4 is 4.74 Å². The first-order chi connectivity index (χ1) is 8.83. The summed E-state index contributed by atoms with van der Waals surface area (Å²) < 4.78 is 5.39. The highest BCUT2D eigenvalue weighted by Crippen LogP contribution is 2.21. The van der Waals surface area contributed by atoms with Gasteiger partial charge in [-0.05, 0) is 31.2 Å². The Bertz CT molecular complexity index is 507. The molecule has 0 radical (unpaired) electrons. The van der Waals surface area contributed by atoms with Crippen molar-refractivity contribution in [3.8, 4) is 17.1 Å². The Balaban J connectivity index is 2.10. The standard InChI is InChI=1S/C13H15N3OS/c1-3-9-18-13-14-12(15-16-13)10-5-7-11(8-6-10)17-4-2/h3,5-8H,1,4,9H2,2H3,(H,14,15,16). The Morgan fingerprint density at radius 3 is 2.83 bits per heavy atom. The zero-order valence-corrected chi connectivity index (χ0v) is 11.0. The van der Waals surface area contributed by atoms with Gasteiger partial charge >= 0.3 is 0 Å². The number of thioether (sulfide) groups is 1. The molecule has 2 aromatic rings. The summed E-state index contributed by atoms with van der Waals surface area (Å²) in [5.74, 6) is 2.44. The number of benzene rings is 1. The van der Waals surface area contributed by atoms with E-state index >= 15 is 0 Å². The van der Waals surface area contributed by atoms with Crippen LogP contribution in [-0.2, 0) is 0 Å². The van der Waals surface area contributed by atoms with Gasteiger partial charge in [0, 0.05) is 11.3 Å². The SMILES string of the molecule is C=CCSc1n[nH]c(-c2ccc(OCC)cc2)n1. The summed E-state index contributed by atoms with van der Waals surface area (Å²) in [7, 11) is 0. The topological polar surface area (TPSA) is 50.8 Å². The molecule has 0 unspecified atom stereocenters. The number of nitrogens with zero attached hydrogens (tertiary/aromatic N) is 2. The van der Waals surface area contributed by atoms with E-state index in [0.29, 0.717) is 6.61 Å². The van der Waals surface area contributed by atoms with Crippen LogP contribution in [-0.4, -0.2) is 27.5 Å². The smallest absolute Gasteiger partial charge is 0.209 e. The summed E-state index contributed by atoms with van der Waals surface area (Å²) >= 11 is 1.55. The van der Waals surface area contributed by atoms with Gasteiger partial charge in [-0.1, -0.05) is 17.8 Å². The first-order valence-corrected chi connectivity index (χ1v) is 6.71. The molecule has 1 aromatic carbocycles. The Morgan fingerprint density at radius 1 is 1.39 bits per heavy atom. The monoisotopic (exact) mass is 261 g/mol. The number of aromatic nitrogens is 3. The van der Waals surface area contributed by atoms with Gasteiger partial charge in [0.05, 0.1) is 6.61 Å². The fourth-order valence-electron chi connectivity index (χ4n) is 1.45. The maximum Gasteiger partial charge on any atom is 0.209 e. The summed E-state index contributed by atoms with van der Waals surface area (Å²) in [5.41, 5.74) is 0.997. The van der Waals surface area contributed by atoms with Crippen molar-refractivity contribution in [1.29, 1.82) is 0 Å². The van der Waals surface area contributed by atoms with E-state index in [1.807, 2.05) is 37.3 Å². The highest BCUT2D eigenvalue weighted by Gasteiger charge is 2.05. The second-order valence-corrected chi connectivity index (χ2v) is 4.51. The zero-order valence-electron chi connectivity index (χ0n) is 10.2. The van der Waals surface area contributed by atoms with Gasteiger partial charge in [0.2, 0.25) is 5.16 Å². The molecule has 4 nitrogen and oxygen atoms in total. The first kappa shape index (κ1) is 12.7. The lowest BCUT2D eigenvalue weighted by Crippen LogP contribution is -1.90. The van der Waals surface area contributed by atoms with Crippen molar-refractivity contribution in [1.82, 2.24) is 15.2 Å². The Morgan fingerprint density at radius 2 is 2.17 bits per heavy atom.